The maximum Gasteiger partial charge on any atom is 0.122 e. The first kappa shape index (κ1) is 15.4. The second-order valence-electron chi connectivity index (χ2n) is 4.82. The maximum atomic E-state index is 5.34. The van der Waals surface area contributed by atoms with Crippen molar-refractivity contribution in [1.29, 1.82) is 0 Å². The van der Waals surface area contributed by atoms with Crippen LogP contribution in [0.5, 0.6) is 11.5 Å². The van der Waals surface area contributed by atoms with E-state index in [1.54, 1.807) is 14.2 Å². The number of rotatable bonds is 7. The third-order valence-corrected chi connectivity index (χ3v) is 3.65. The topological polar surface area (TPSA) is 48.3 Å². The molecule has 0 amide bonds. The van der Waals surface area contributed by atoms with Crippen LogP contribution >= 0.6 is 0 Å². The van der Waals surface area contributed by atoms with Crippen LogP contribution in [0.25, 0.3) is 0 Å². The van der Waals surface area contributed by atoms with Gasteiger partial charge in [0, 0.05) is 37.5 Å². The molecule has 2 rings (SSSR count). The Bertz CT molecular complexity index is 558. The van der Waals surface area contributed by atoms with Crippen molar-refractivity contribution in [3.05, 3.63) is 42.0 Å². The number of aryl methyl sites for hydroxylation is 1. The summed E-state index contributed by atoms with van der Waals surface area (Å²) >= 11 is 0. The molecule has 1 unspecified atom stereocenters. The zero-order chi connectivity index (χ0) is 15.2. The van der Waals surface area contributed by atoms with Crippen molar-refractivity contribution in [1.82, 2.24) is 14.9 Å². The van der Waals surface area contributed by atoms with Gasteiger partial charge in [0.05, 0.1) is 14.2 Å². The largest absolute Gasteiger partial charge is 0.497 e. The lowest BCUT2D eigenvalue weighted by molar-refractivity contribution is 0.391. The number of nitrogens with one attached hydrogen (secondary N) is 1. The third-order valence-electron chi connectivity index (χ3n) is 3.65. The highest BCUT2D eigenvalue weighted by Gasteiger charge is 2.15. The molecule has 0 fully saturated rings. The Morgan fingerprint density at radius 1 is 1.19 bits per heavy atom. The van der Waals surface area contributed by atoms with E-state index in [2.05, 4.69) is 21.8 Å². The third kappa shape index (κ3) is 3.55. The van der Waals surface area contributed by atoms with Crippen molar-refractivity contribution in [2.45, 2.75) is 25.9 Å². The first-order chi connectivity index (χ1) is 10.2. The van der Waals surface area contributed by atoms with Gasteiger partial charge < -0.3 is 19.4 Å². The molecule has 0 radical (unpaired) electrons. The number of nitrogens with zero attached hydrogens (tertiary/aromatic N) is 2. The molecule has 1 heterocycles. The van der Waals surface area contributed by atoms with Crippen LogP contribution in [0.2, 0.25) is 0 Å². The summed E-state index contributed by atoms with van der Waals surface area (Å²) in [7, 11) is 5.28. The molecule has 1 atom stereocenters. The molecule has 0 bridgehead atoms. The molecule has 21 heavy (non-hydrogen) atoms. The van der Waals surface area contributed by atoms with E-state index in [4.69, 9.17) is 9.47 Å². The number of likely N-dealkylation sites (N-methyl/N-ethyl adjacent to an activating group) is 1. The number of benzene rings is 1. The number of imidazole rings is 1. The number of hydrogen-bond acceptors (Lipinski definition) is 4. The van der Waals surface area contributed by atoms with E-state index in [9.17, 15) is 0 Å². The van der Waals surface area contributed by atoms with E-state index < -0.39 is 0 Å². The Kier molecular flexibility index (Phi) is 5.22. The van der Waals surface area contributed by atoms with Gasteiger partial charge in [0.25, 0.3) is 0 Å². The van der Waals surface area contributed by atoms with E-state index in [1.807, 2.05) is 37.6 Å². The van der Waals surface area contributed by atoms with Crippen molar-refractivity contribution in [3.63, 3.8) is 0 Å². The summed E-state index contributed by atoms with van der Waals surface area (Å²) in [5.41, 5.74) is 1.12. The molecule has 0 aliphatic heterocycles. The predicted molar refractivity (Wildman–Crippen MR) is 83.0 cm³/mol. The van der Waals surface area contributed by atoms with Crippen LogP contribution in [-0.2, 0) is 13.0 Å². The summed E-state index contributed by atoms with van der Waals surface area (Å²) in [4.78, 5) is 4.45. The van der Waals surface area contributed by atoms with Gasteiger partial charge in [-0.25, -0.2) is 4.98 Å². The molecular formula is C16H23N3O2. The highest BCUT2D eigenvalue weighted by Crippen LogP contribution is 2.27. The maximum absolute atomic E-state index is 5.34. The predicted octanol–water partition coefficient (Wildman–Crippen LogP) is 2.42. The van der Waals surface area contributed by atoms with Gasteiger partial charge in [-0.05, 0) is 31.7 Å². The van der Waals surface area contributed by atoms with Gasteiger partial charge in [-0.2, -0.15) is 0 Å². The van der Waals surface area contributed by atoms with Crippen LogP contribution in [0, 0.1) is 0 Å². The second kappa shape index (κ2) is 7.13. The summed E-state index contributed by atoms with van der Waals surface area (Å²) in [6, 6.07) is 6.09. The number of hydrogen-bond donors (Lipinski definition) is 1. The zero-order valence-electron chi connectivity index (χ0n) is 13.1. The van der Waals surface area contributed by atoms with Gasteiger partial charge >= 0.3 is 0 Å². The van der Waals surface area contributed by atoms with E-state index >= 15 is 0 Å². The molecule has 5 heteroatoms. The van der Waals surface area contributed by atoms with Crippen LogP contribution in [0.4, 0.5) is 0 Å². The molecule has 2 aromatic rings. The Morgan fingerprint density at radius 3 is 2.38 bits per heavy atom. The summed E-state index contributed by atoms with van der Waals surface area (Å²) in [6.45, 7) is 3.04. The molecule has 1 aromatic heterocycles. The van der Waals surface area contributed by atoms with Gasteiger partial charge in [0.15, 0.2) is 0 Å². The van der Waals surface area contributed by atoms with Crippen LogP contribution < -0.4 is 14.8 Å². The highest BCUT2D eigenvalue weighted by atomic mass is 16.5. The second-order valence-corrected chi connectivity index (χ2v) is 4.82. The van der Waals surface area contributed by atoms with Crippen molar-refractivity contribution in [2.24, 2.45) is 0 Å². The van der Waals surface area contributed by atoms with E-state index in [0.29, 0.717) is 0 Å². The van der Waals surface area contributed by atoms with Gasteiger partial charge in [-0.1, -0.05) is 0 Å². The Balaban J connectivity index is 2.28. The minimum Gasteiger partial charge on any atom is -0.497 e. The smallest absolute Gasteiger partial charge is 0.122 e. The Hall–Kier alpha value is -2.01. The van der Waals surface area contributed by atoms with Crippen LogP contribution in [0.15, 0.2) is 30.6 Å². The minimum absolute atomic E-state index is 0.154. The lowest BCUT2D eigenvalue weighted by Gasteiger charge is -2.18. The SMILES string of the molecule is CCn1ccnc1CC(NC)c1cc(OC)cc(OC)c1. The Morgan fingerprint density at radius 2 is 1.86 bits per heavy atom. The fourth-order valence-electron chi connectivity index (χ4n) is 2.42. The van der Waals surface area contributed by atoms with Crippen LogP contribution in [-0.4, -0.2) is 30.8 Å². The monoisotopic (exact) mass is 289 g/mol. The average molecular weight is 289 g/mol. The van der Waals surface area contributed by atoms with E-state index in [-0.39, 0.29) is 6.04 Å². The summed E-state index contributed by atoms with van der Waals surface area (Å²) < 4.78 is 12.8. The van der Waals surface area contributed by atoms with Crippen LogP contribution in [0.3, 0.4) is 0 Å². The van der Waals surface area contributed by atoms with Gasteiger partial charge in [-0.15, -0.1) is 0 Å². The quantitative estimate of drug-likeness (QED) is 0.850. The molecule has 0 saturated carbocycles. The number of ether oxygens (including phenoxy) is 2. The van der Waals surface area contributed by atoms with E-state index in [0.717, 1.165) is 35.9 Å². The minimum atomic E-state index is 0.154. The summed E-state index contributed by atoms with van der Waals surface area (Å²) in [6.07, 6.45) is 4.67. The van der Waals surface area contributed by atoms with Crippen molar-refractivity contribution in [2.75, 3.05) is 21.3 Å². The molecule has 0 saturated heterocycles. The zero-order valence-corrected chi connectivity index (χ0v) is 13.1. The average Bonchev–Trinajstić information content (AvgIpc) is 2.99. The number of methoxy groups -OCH3 is 2. The summed E-state index contributed by atoms with van der Waals surface area (Å²) in [5.74, 6) is 2.66. The van der Waals surface area contributed by atoms with Crippen molar-refractivity contribution < 1.29 is 9.47 Å². The molecule has 114 valence electrons. The molecular weight excluding hydrogens is 266 g/mol. The Labute approximate surface area is 125 Å². The van der Waals surface area contributed by atoms with Crippen molar-refractivity contribution in [3.8, 4) is 11.5 Å². The van der Waals surface area contributed by atoms with Gasteiger partial charge in [-0.3, -0.25) is 0 Å². The number of aromatic nitrogens is 2. The lowest BCUT2D eigenvalue weighted by Crippen LogP contribution is -2.21. The molecule has 0 aliphatic carbocycles. The lowest BCUT2D eigenvalue weighted by atomic mass is 10.0. The molecule has 0 spiro atoms. The fourth-order valence-corrected chi connectivity index (χ4v) is 2.42. The van der Waals surface area contributed by atoms with Crippen LogP contribution in [0.1, 0.15) is 24.4 Å². The first-order valence-corrected chi connectivity index (χ1v) is 7.12. The van der Waals surface area contributed by atoms with E-state index in [1.165, 1.54) is 0 Å². The van der Waals surface area contributed by atoms with Gasteiger partial charge in [0.2, 0.25) is 0 Å². The molecule has 1 N–H and O–H groups in total. The highest BCUT2D eigenvalue weighted by molar-refractivity contribution is 5.40. The molecule has 0 aliphatic rings. The summed E-state index contributed by atoms with van der Waals surface area (Å²) in [5, 5.41) is 3.35. The normalized spacial score (nSPS) is 12.2. The van der Waals surface area contributed by atoms with Crippen molar-refractivity contribution >= 4 is 0 Å². The molecule has 1 aromatic carbocycles. The van der Waals surface area contributed by atoms with Gasteiger partial charge in [0.1, 0.15) is 17.3 Å². The standard InChI is InChI=1S/C16H23N3O2/c1-5-19-7-6-18-16(19)11-15(17-2)12-8-13(20-3)10-14(9-12)21-4/h6-10,15,17H,5,11H2,1-4H3. The first-order valence-electron chi connectivity index (χ1n) is 7.12. The molecule has 5 nitrogen and oxygen atoms in total. The fraction of sp³-hybridized carbons (Fsp3) is 0.438.